The van der Waals surface area contributed by atoms with Crippen LogP contribution in [0.3, 0.4) is 0 Å². The second-order valence-corrected chi connectivity index (χ2v) is 7.71. The first kappa shape index (κ1) is 14.2. The summed E-state index contributed by atoms with van der Waals surface area (Å²) in [5, 5.41) is 3.61. The Labute approximate surface area is 124 Å². The van der Waals surface area contributed by atoms with Gasteiger partial charge in [-0.2, -0.15) is 0 Å². The Balaban J connectivity index is 1.78. The Hall–Kier alpha value is -0.710. The molecular formula is C16H24N2OS. The lowest BCUT2D eigenvalue weighted by atomic mass is 9.97. The fourth-order valence-electron chi connectivity index (χ4n) is 3.44. The first-order valence-corrected chi connectivity index (χ1v) is 9.12. The van der Waals surface area contributed by atoms with E-state index in [1.54, 1.807) is 0 Å². The van der Waals surface area contributed by atoms with Crippen molar-refractivity contribution in [2.45, 2.75) is 37.9 Å². The molecule has 0 spiro atoms. The normalized spacial score (nSPS) is 35.9. The number of hydrogen-bond donors (Lipinski definition) is 1. The lowest BCUT2D eigenvalue weighted by Crippen LogP contribution is -2.55. The smallest absolute Gasteiger partial charge is 0.0476 e. The zero-order valence-electron chi connectivity index (χ0n) is 12.1. The molecule has 0 bridgehead atoms. The highest BCUT2D eigenvalue weighted by atomic mass is 32.2. The first-order chi connectivity index (χ1) is 9.74. The molecule has 0 saturated carbocycles. The predicted octanol–water partition coefficient (Wildman–Crippen LogP) is 1.93. The molecule has 2 heterocycles. The van der Waals surface area contributed by atoms with Crippen LogP contribution in [-0.2, 0) is 10.8 Å². The Bertz CT molecular complexity index is 455. The van der Waals surface area contributed by atoms with E-state index in [1.165, 1.54) is 5.56 Å². The van der Waals surface area contributed by atoms with E-state index in [0.717, 1.165) is 37.4 Å². The van der Waals surface area contributed by atoms with Gasteiger partial charge < -0.3 is 5.32 Å². The van der Waals surface area contributed by atoms with E-state index in [4.69, 9.17) is 0 Å². The number of hydrogen-bond acceptors (Lipinski definition) is 3. The second kappa shape index (κ2) is 6.37. The molecule has 2 fully saturated rings. The number of nitrogens with zero attached hydrogens (tertiary/aromatic N) is 1. The van der Waals surface area contributed by atoms with Gasteiger partial charge in [0.1, 0.15) is 0 Å². The van der Waals surface area contributed by atoms with Crippen molar-refractivity contribution in [1.82, 2.24) is 10.2 Å². The maximum absolute atomic E-state index is 11.6. The van der Waals surface area contributed by atoms with E-state index in [0.29, 0.717) is 18.1 Å². The average Bonchev–Trinajstić information content (AvgIpc) is 2.49. The van der Waals surface area contributed by atoms with Gasteiger partial charge in [0, 0.05) is 53.5 Å². The third-order valence-electron chi connectivity index (χ3n) is 4.56. The van der Waals surface area contributed by atoms with Gasteiger partial charge in [-0.25, -0.2) is 0 Å². The van der Waals surface area contributed by atoms with E-state index in [2.05, 4.69) is 47.5 Å². The van der Waals surface area contributed by atoms with Gasteiger partial charge >= 0.3 is 0 Å². The lowest BCUT2D eigenvalue weighted by Gasteiger charge is -2.45. The molecule has 0 radical (unpaired) electrons. The molecule has 20 heavy (non-hydrogen) atoms. The van der Waals surface area contributed by atoms with Crippen LogP contribution >= 0.6 is 0 Å². The van der Waals surface area contributed by atoms with Gasteiger partial charge in [0.05, 0.1) is 0 Å². The minimum Gasteiger partial charge on any atom is -0.311 e. The third-order valence-corrected chi connectivity index (χ3v) is 5.94. The summed E-state index contributed by atoms with van der Waals surface area (Å²) in [7, 11) is -0.572. The maximum atomic E-state index is 11.6. The quantitative estimate of drug-likeness (QED) is 0.904. The second-order valence-electron chi connectivity index (χ2n) is 6.01. The topological polar surface area (TPSA) is 32.3 Å². The lowest BCUT2D eigenvalue weighted by molar-refractivity contribution is 0.0795. The highest BCUT2D eigenvalue weighted by molar-refractivity contribution is 7.85. The van der Waals surface area contributed by atoms with Gasteiger partial charge in [-0.15, -0.1) is 0 Å². The molecule has 110 valence electrons. The number of benzene rings is 1. The van der Waals surface area contributed by atoms with Crippen LogP contribution in [0.25, 0.3) is 0 Å². The molecule has 1 aromatic carbocycles. The van der Waals surface area contributed by atoms with Crippen LogP contribution in [0.2, 0.25) is 0 Å². The van der Waals surface area contributed by atoms with E-state index in [1.807, 2.05) is 0 Å². The monoisotopic (exact) mass is 292 g/mol. The van der Waals surface area contributed by atoms with E-state index >= 15 is 0 Å². The number of nitrogens with one attached hydrogen (secondary N) is 1. The molecule has 2 unspecified atom stereocenters. The molecule has 2 aliphatic heterocycles. The van der Waals surface area contributed by atoms with Gasteiger partial charge in [0.25, 0.3) is 0 Å². The molecule has 2 aliphatic rings. The zero-order chi connectivity index (χ0) is 13.9. The summed E-state index contributed by atoms with van der Waals surface area (Å²) in [6, 6.07) is 12.4. The minimum absolute atomic E-state index is 0.462. The molecule has 4 heteroatoms. The third kappa shape index (κ3) is 3.13. The molecule has 1 N–H and O–H groups in total. The SMILES string of the molecule is CC1CN(C2CCS(=O)CC2)C(c2ccccc2)CN1. The molecule has 0 amide bonds. The van der Waals surface area contributed by atoms with Crippen molar-refractivity contribution in [1.29, 1.82) is 0 Å². The summed E-state index contributed by atoms with van der Waals surface area (Å²) in [5.74, 6) is 1.76. The highest BCUT2D eigenvalue weighted by Crippen LogP contribution is 2.29. The van der Waals surface area contributed by atoms with Crippen LogP contribution in [0.15, 0.2) is 30.3 Å². The van der Waals surface area contributed by atoms with Crippen molar-refractivity contribution in [2.24, 2.45) is 0 Å². The summed E-state index contributed by atoms with van der Waals surface area (Å²) in [6.07, 6.45) is 2.17. The zero-order valence-corrected chi connectivity index (χ0v) is 12.9. The summed E-state index contributed by atoms with van der Waals surface area (Å²) >= 11 is 0. The Kier molecular flexibility index (Phi) is 4.54. The molecule has 0 aliphatic carbocycles. The van der Waals surface area contributed by atoms with E-state index in [-0.39, 0.29) is 0 Å². The first-order valence-electron chi connectivity index (χ1n) is 7.63. The van der Waals surface area contributed by atoms with Crippen LogP contribution in [0.4, 0.5) is 0 Å². The fraction of sp³-hybridized carbons (Fsp3) is 0.625. The van der Waals surface area contributed by atoms with Crippen LogP contribution < -0.4 is 5.32 Å². The van der Waals surface area contributed by atoms with Crippen LogP contribution in [0, 0.1) is 0 Å². The van der Waals surface area contributed by atoms with E-state index in [9.17, 15) is 4.21 Å². The minimum atomic E-state index is -0.572. The van der Waals surface area contributed by atoms with Crippen molar-refractivity contribution in [2.75, 3.05) is 24.6 Å². The molecule has 2 atom stereocenters. The molecule has 3 nitrogen and oxygen atoms in total. The molecule has 2 saturated heterocycles. The Morgan fingerprint density at radius 2 is 1.90 bits per heavy atom. The van der Waals surface area contributed by atoms with Crippen molar-refractivity contribution in [3.63, 3.8) is 0 Å². The van der Waals surface area contributed by atoms with Crippen LogP contribution in [-0.4, -0.2) is 45.8 Å². The van der Waals surface area contributed by atoms with Crippen molar-refractivity contribution in [3.05, 3.63) is 35.9 Å². The highest BCUT2D eigenvalue weighted by Gasteiger charge is 2.33. The Morgan fingerprint density at radius 1 is 1.20 bits per heavy atom. The van der Waals surface area contributed by atoms with Crippen LogP contribution in [0.5, 0.6) is 0 Å². The summed E-state index contributed by atoms with van der Waals surface area (Å²) < 4.78 is 11.6. The molecular weight excluding hydrogens is 268 g/mol. The largest absolute Gasteiger partial charge is 0.311 e. The molecule has 3 rings (SSSR count). The van der Waals surface area contributed by atoms with Crippen LogP contribution in [0.1, 0.15) is 31.4 Å². The number of rotatable bonds is 2. The maximum Gasteiger partial charge on any atom is 0.0476 e. The van der Waals surface area contributed by atoms with Gasteiger partial charge in [-0.3, -0.25) is 9.11 Å². The summed E-state index contributed by atoms with van der Waals surface area (Å²) in [6.45, 7) is 4.37. The van der Waals surface area contributed by atoms with Gasteiger partial charge in [0.15, 0.2) is 0 Å². The number of piperazine rings is 1. The standard InChI is InChI=1S/C16H24N2OS/c1-13-12-18(15-7-9-20(19)10-8-15)16(11-17-13)14-5-3-2-4-6-14/h2-6,13,15-17H,7-12H2,1H3. The predicted molar refractivity (Wildman–Crippen MR) is 84.3 cm³/mol. The average molecular weight is 292 g/mol. The van der Waals surface area contributed by atoms with Gasteiger partial charge in [-0.1, -0.05) is 30.3 Å². The van der Waals surface area contributed by atoms with E-state index < -0.39 is 10.8 Å². The Morgan fingerprint density at radius 3 is 2.60 bits per heavy atom. The summed E-state index contributed by atoms with van der Waals surface area (Å²) in [5.41, 5.74) is 1.40. The molecule has 1 aromatic rings. The van der Waals surface area contributed by atoms with Gasteiger partial charge in [-0.05, 0) is 25.3 Å². The van der Waals surface area contributed by atoms with Crippen molar-refractivity contribution >= 4 is 10.8 Å². The van der Waals surface area contributed by atoms with Crippen molar-refractivity contribution in [3.8, 4) is 0 Å². The fourth-order valence-corrected chi connectivity index (χ4v) is 4.71. The van der Waals surface area contributed by atoms with Crippen molar-refractivity contribution < 1.29 is 4.21 Å². The van der Waals surface area contributed by atoms with Gasteiger partial charge in [0.2, 0.25) is 0 Å². The summed E-state index contributed by atoms with van der Waals surface area (Å²) in [4.78, 5) is 2.66. The molecule has 0 aromatic heterocycles.